The summed E-state index contributed by atoms with van der Waals surface area (Å²) in [5, 5.41) is 0.829. The molecule has 0 saturated heterocycles. The van der Waals surface area contributed by atoms with E-state index in [0.717, 1.165) is 5.39 Å². The Morgan fingerprint density at radius 1 is 1.29 bits per heavy atom. The van der Waals surface area contributed by atoms with Crippen molar-refractivity contribution < 1.29 is 13.2 Å². The zero-order valence-corrected chi connectivity index (χ0v) is 10.3. The normalized spacial score (nSPS) is 11.9. The number of rotatable bonds is 2. The van der Waals surface area contributed by atoms with Crippen molar-refractivity contribution >= 4 is 26.8 Å². The molecule has 0 fully saturated rings. The molecule has 0 aliphatic rings. The van der Waals surface area contributed by atoms with E-state index in [2.05, 4.69) is 4.72 Å². The second-order valence-corrected chi connectivity index (χ2v) is 5.52. The van der Waals surface area contributed by atoms with Gasteiger partial charge in [0.1, 0.15) is 0 Å². The van der Waals surface area contributed by atoms with E-state index in [1.54, 1.807) is 18.3 Å². The zero-order valence-electron chi connectivity index (χ0n) is 9.47. The maximum absolute atomic E-state index is 11.6. The van der Waals surface area contributed by atoms with Crippen LogP contribution in [0.25, 0.3) is 10.9 Å². The van der Waals surface area contributed by atoms with Gasteiger partial charge in [0.05, 0.1) is 10.4 Å². The molecule has 1 aromatic carbocycles. The molecule has 0 amide bonds. The lowest BCUT2D eigenvalue weighted by Gasteiger charge is -2.04. The Kier molecular flexibility index (Phi) is 2.76. The summed E-state index contributed by atoms with van der Waals surface area (Å²) in [5.74, 6) is -0.154. The van der Waals surface area contributed by atoms with E-state index >= 15 is 0 Å². The smallest absolute Gasteiger partial charge is 0.240 e. The number of nitrogens with one attached hydrogen (secondary N) is 1. The largest absolute Gasteiger partial charge is 0.287 e. The van der Waals surface area contributed by atoms with E-state index in [1.807, 2.05) is 0 Å². The van der Waals surface area contributed by atoms with Crippen molar-refractivity contribution in [3.05, 3.63) is 30.5 Å². The molecule has 1 aromatic heterocycles. The average molecular weight is 252 g/mol. The molecule has 1 heterocycles. The van der Waals surface area contributed by atoms with Gasteiger partial charge in [0, 0.05) is 18.5 Å². The SMILES string of the molecule is CNS(=O)(=O)c1ccc2ccn(C(C)=O)c2c1. The minimum atomic E-state index is -3.48. The summed E-state index contributed by atoms with van der Waals surface area (Å²) in [4.78, 5) is 11.5. The Labute approximate surface area is 99.1 Å². The van der Waals surface area contributed by atoms with Crippen LogP contribution in [-0.4, -0.2) is 25.9 Å². The number of aromatic nitrogens is 1. The van der Waals surface area contributed by atoms with E-state index in [9.17, 15) is 13.2 Å². The van der Waals surface area contributed by atoms with Crippen LogP contribution in [0.3, 0.4) is 0 Å². The van der Waals surface area contributed by atoms with Crippen LogP contribution in [0.15, 0.2) is 35.4 Å². The lowest BCUT2D eigenvalue weighted by Crippen LogP contribution is -2.18. The second-order valence-electron chi connectivity index (χ2n) is 3.63. The summed E-state index contributed by atoms with van der Waals surface area (Å²) in [5.41, 5.74) is 0.592. The predicted octanol–water partition coefficient (Wildman–Crippen LogP) is 1.21. The van der Waals surface area contributed by atoms with Gasteiger partial charge in [0.25, 0.3) is 0 Å². The Balaban J connectivity index is 2.72. The van der Waals surface area contributed by atoms with Gasteiger partial charge in [0.15, 0.2) is 0 Å². The van der Waals surface area contributed by atoms with E-state index in [4.69, 9.17) is 0 Å². The molecule has 0 atom stereocenters. The minimum absolute atomic E-state index is 0.147. The molecule has 0 bridgehead atoms. The molecule has 90 valence electrons. The topological polar surface area (TPSA) is 68.2 Å². The number of benzene rings is 1. The third-order valence-corrected chi connectivity index (χ3v) is 3.99. The molecule has 0 unspecified atom stereocenters. The summed E-state index contributed by atoms with van der Waals surface area (Å²) >= 11 is 0. The minimum Gasteiger partial charge on any atom is -0.287 e. The molecule has 2 aromatic rings. The van der Waals surface area contributed by atoms with Gasteiger partial charge in [-0.05, 0) is 25.2 Å². The van der Waals surface area contributed by atoms with Crippen molar-refractivity contribution in [3.63, 3.8) is 0 Å². The average Bonchev–Trinajstić information content (AvgIpc) is 2.71. The number of sulfonamides is 1. The Hall–Kier alpha value is -1.66. The molecule has 1 N–H and O–H groups in total. The number of carbonyl (C=O) groups excluding carboxylic acids is 1. The second kappa shape index (κ2) is 3.97. The highest BCUT2D eigenvalue weighted by Crippen LogP contribution is 2.20. The zero-order chi connectivity index (χ0) is 12.6. The van der Waals surface area contributed by atoms with Crippen LogP contribution in [0, 0.1) is 0 Å². The molecule has 0 aliphatic carbocycles. The summed E-state index contributed by atoms with van der Waals surface area (Å²) < 4.78 is 26.9. The van der Waals surface area contributed by atoms with Crippen molar-refractivity contribution in [2.24, 2.45) is 0 Å². The van der Waals surface area contributed by atoms with E-state index in [0.29, 0.717) is 5.52 Å². The number of carbonyl (C=O) groups is 1. The fraction of sp³-hybridized carbons (Fsp3) is 0.182. The van der Waals surface area contributed by atoms with Crippen LogP contribution < -0.4 is 4.72 Å². The lowest BCUT2D eigenvalue weighted by molar-refractivity contribution is 0.0941. The third-order valence-electron chi connectivity index (χ3n) is 2.58. The van der Waals surface area contributed by atoms with Crippen molar-refractivity contribution in [1.29, 1.82) is 0 Å². The van der Waals surface area contributed by atoms with Gasteiger partial charge in [-0.2, -0.15) is 0 Å². The number of hydrogen-bond acceptors (Lipinski definition) is 3. The van der Waals surface area contributed by atoms with Crippen molar-refractivity contribution in [2.75, 3.05) is 7.05 Å². The molecule has 0 saturated carbocycles. The summed E-state index contributed by atoms with van der Waals surface area (Å²) in [6, 6.07) is 6.45. The number of hydrogen-bond donors (Lipinski definition) is 1. The summed E-state index contributed by atoms with van der Waals surface area (Å²) in [7, 11) is -2.13. The van der Waals surface area contributed by atoms with Crippen molar-refractivity contribution in [1.82, 2.24) is 9.29 Å². The highest BCUT2D eigenvalue weighted by molar-refractivity contribution is 7.89. The highest BCUT2D eigenvalue weighted by Gasteiger charge is 2.13. The fourth-order valence-electron chi connectivity index (χ4n) is 1.67. The van der Waals surface area contributed by atoms with Gasteiger partial charge in [-0.15, -0.1) is 0 Å². The number of fused-ring (bicyclic) bond motifs is 1. The predicted molar refractivity (Wildman–Crippen MR) is 64.5 cm³/mol. The van der Waals surface area contributed by atoms with Gasteiger partial charge in [0.2, 0.25) is 15.9 Å². The molecule has 6 heteroatoms. The first kappa shape index (κ1) is 11.8. The first-order chi connectivity index (χ1) is 7.95. The molecule has 0 radical (unpaired) electrons. The summed E-state index contributed by atoms with van der Waals surface area (Å²) in [6.07, 6.45) is 1.63. The van der Waals surface area contributed by atoms with E-state index in [-0.39, 0.29) is 10.8 Å². The first-order valence-electron chi connectivity index (χ1n) is 5.01. The molecule has 0 spiro atoms. The van der Waals surface area contributed by atoms with Crippen LogP contribution in [-0.2, 0) is 10.0 Å². The fourth-order valence-corrected chi connectivity index (χ4v) is 2.42. The van der Waals surface area contributed by atoms with Gasteiger partial charge in [-0.3, -0.25) is 9.36 Å². The molecule has 5 nitrogen and oxygen atoms in total. The molecular formula is C11H12N2O3S. The highest BCUT2D eigenvalue weighted by atomic mass is 32.2. The lowest BCUT2D eigenvalue weighted by atomic mass is 10.2. The van der Waals surface area contributed by atoms with Crippen molar-refractivity contribution in [2.45, 2.75) is 11.8 Å². The van der Waals surface area contributed by atoms with E-state index in [1.165, 1.54) is 30.7 Å². The monoisotopic (exact) mass is 252 g/mol. The van der Waals surface area contributed by atoms with Crippen LogP contribution in [0.5, 0.6) is 0 Å². The van der Waals surface area contributed by atoms with Gasteiger partial charge < -0.3 is 0 Å². The van der Waals surface area contributed by atoms with Gasteiger partial charge >= 0.3 is 0 Å². The third kappa shape index (κ3) is 1.96. The Bertz CT molecular complexity index is 686. The van der Waals surface area contributed by atoms with Crippen LogP contribution >= 0.6 is 0 Å². The molecule has 0 aliphatic heterocycles. The Morgan fingerprint density at radius 2 is 2.00 bits per heavy atom. The van der Waals surface area contributed by atoms with Gasteiger partial charge in [-0.25, -0.2) is 13.1 Å². The van der Waals surface area contributed by atoms with Crippen molar-refractivity contribution in [3.8, 4) is 0 Å². The summed E-state index contributed by atoms with van der Waals surface area (Å²) in [6.45, 7) is 1.43. The van der Waals surface area contributed by atoms with Crippen LogP contribution in [0.1, 0.15) is 11.7 Å². The maximum Gasteiger partial charge on any atom is 0.240 e. The quantitative estimate of drug-likeness (QED) is 0.873. The number of nitrogens with zero attached hydrogens (tertiary/aromatic N) is 1. The molecular weight excluding hydrogens is 240 g/mol. The Morgan fingerprint density at radius 3 is 2.59 bits per heavy atom. The maximum atomic E-state index is 11.6. The molecule has 2 rings (SSSR count). The van der Waals surface area contributed by atoms with E-state index < -0.39 is 10.0 Å². The molecule has 17 heavy (non-hydrogen) atoms. The van der Waals surface area contributed by atoms with Gasteiger partial charge in [-0.1, -0.05) is 6.07 Å². The van der Waals surface area contributed by atoms with Crippen LogP contribution in [0.2, 0.25) is 0 Å². The first-order valence-corrected chi connectivity index (χ1v) is 6.49. The standard InChI is InChI=1S/C11H12N2O3S/c1-8(14)13-6-5-9-3-4-10(7-11(9)13)17(15,16)12-2/h3-7,12H,1-2H3. The van der Waals surface area contributed by atoms with Crippen LogP contribution in [0.4, 0.5) is 0 Å².